The molecule has 1 aromatic heterocycles. The van der Waals surface area contributed by atoms with Crippen LogP contribution in [0.15, 0.2) is 46.0 Å². The topological polar surface area (TPSA) is 49.3 Å². The van der Waals surface area contributed by atoms with Crippen LogP contribution in [0, 0.1) is 0 Å². The third kappa shape index (κ3) is 6.37. The molecule has 0 radical (unpaired) electrons. The fourth-order valence-electron chi connectivity index (χ4n) is 2.19. The minimum absolute atomic E-state index is 0.00761. The summed E-state index contributed by atoms with van der Waals surface area (Å²) in [6.45, 7) is 4.81. The standard InChI is InChI=1S/C18H23NO2S2/c1-13(2)23-16-5-3-14(4-6-16)11-18(21)19-9-7-17(20)15-8-10-22-12-15/h3-6,8,10,12-13,17,20H,7,9,11H2,1-2H3,(H,19,21). The minimum Gasteiger partial charge on any atom is -0.388 e. The Kier molecular flexibility index (Phi) is 7.15. The van der Waals surface area contributed by atoms with Crippen LogP contribution < -0.4 is 5.32 Å². The second-order valence-corrected chi connectivity index (χ2v) is 8.13. The van der Waals surface area contributed by atoms with Gasteiger partial charge in [0.1, 0.15) is 0 Å². The van der Waals surface area contributed by atoms with Crippen molar-refractivity contribution in [1.82, 2.24) is 5.32 Å². The number of carbonyl (C=O) groups excluding carboxylic acids is 1. The number of benzene rings is 1. The summed E-state index contributed by atoms with van der Waals surface area (Å²) in [5.41, 5.74) is 1.93. The Morgan fingerprint density at radius 1 is 1.26 bits per heavy atom. The van der Waals surface area contributed by atoms with Crippen molar-refractivity contribution in [1.29, 1.82) is 0 Å². The van der Waals surface area contributed by atoms with Gasteiger partial charge in [0, 0.05) is 16.7 Å². The molecule has 1 atom stereocenters. The molecule has 23 heavy (non-hydrogen) atoms. The van der Waals surface area contributed by atoms with E-state index in [4.69, 9.17) is 0 Å². The van der Waals surface area contributed by atoms with Crippen LogP contribution in [0.2, 0.25) is 0 Å². The van der Waals surface area contributed by atoms with Gasteiger partial charge in [-0.1, -0.05) is 26.0 Å². The molecule has 1 aromatic carbocycles. The van der Waals surface area contributed by atoms with Crippen molar-refractivity contribution >= 4 is 29.0 Å². The molecule has 0 aliphatic carbocycles. The van der Waals surface area contributed by atoms with Gasteiger partial charge in [0.25, 0.3) is 0 Å². The Labute approximate surface area is 146 Å². The van der Waals surface area contributed by atoms with Gasteiger partial charge in [-0.3, -0.25) is 4.79 Å². The highest BCUT2D eigenvalue weighted by molar-refractivity contribution is 7.99. The van der Waals surface area contributed by atoms with Gasteiger partial charge in [-0.15, -0.1) is 11.8 Å². The Morgan fingerprint density at radius 2 is 2.00 bits per heavy atom. The van der Waals surface area contributed by atoms with Gasteiger partial charge in [-0.25, -0.2) is 0 Å². The number of amides is 1. The van der Waals surface area contributed by atoms with Crippen LogP contribution >= 0.6 is 23.1 Å². The Morgan fingerprint density at radius 3 is 2.61 bits per heavy atom. The molecular formula is C18H23NO2S2. The molecule has 0 aliphatic heterocycles. The predicted octanol–water partition coefficient (Wildman–Crippen LogP) is 4.03. The van der Waals surface area contributed by atoms with E-state index in [0.717, 1.165) is 11.1 Å². The molecule has 0 bridgehead atoms. The molecule has 1 amide bonds. The second kappa shape index (κ2) is 9.11. The molecule has 0 spiro atoms. The van der Waals surface area contributed by atoms with E-state index in [9.17, 15) is 9.90 Å². The van der Waals surface area contributed by atoms with Gasteiger partial charge in [0.15, 0.2) is 0 Å². The molecule has 0 saturated heterocycles. The van der Waals surface area contributed by atoms with E-state index in [0.29, 0.717) is 24.6 Å². The highest BCUT2D eigenvalue weighted by Gasteiger charge is 2.09. The lowest BCUT2D eigenvalue weighted by Gasteiger charge is -2.10. The molecule has 5 heteroatoms. The third-order valence-corrected chi connectivity index (χ3v) is 5.04. The zero-order valence-electron chi connectivity index (χ0n) is 13.5. The number of hydrogen-bond donors (Lipinski definition) is 2. The molecule has 124 valence electrons. The average Bonchev–Trinajstić information content (AvgIpc) is 3.03. The van der Waals surface area contributed by atoms with Crippen LogP contribution in [0.25, 0.3) is 0 Å². The molecule has 0 aliphatic rings. The minimum atomic E-state index is -0.506. The maximum Gasteiger partial charge on any atom is 0.224 e. The van der Waals surface area contributed by atoms with Crippen molar-refractivity contribution in [2.24, 2.45) is 0 Å². The van der Waals surface area contributed by atoms with Crippen molar-refractivity contribution in [3.05, 3.63) is 52.2 Å². The maximum atomic E-state index is 11.9. The van der Waals surface area contributed by atoms with Crippen molar-refractivity contribution < 1.29 is 9.90 Å². The molecule has 1 heterocycles. The lowest BCUT2D eigenvalue weighted by molar-refractivity contribution is -0.120. The number of nitrogens with one attached hydrogen (secondary N) is 1. The summed E-state index contributed by atoms with van der Waals surface area (Å²) in [4.78, 5) is 13.2. The van der Waals surface area contributed by atoms with Crippen LogP contribution in [0.4, 0.5) is 0 Å². The molecule has 2 N–H and O–H groups in total. The van der Waals surface area contributed by atoms with E-state index in [1.54, 1.807) is 11.3 Å². The first-order valence-electron chi connectivity index (χ1n) is 7.77. The predicted molar refractivity (Wildman–Crippen MR) is 98.0 cm³/mol. The van der Waals surface area contributed by atoms with Crippen LogP contribution in [0.1, 0.15) is 37.5 Å². The van der Waals surface area contributed by atoms with Crippen LogP contribution in [-0.4, -0.2) is 22.8 Å². The van der Waals surface area contributed by atoms with E-state index >= 15 is 0 Å². The first-order valence-corrected chi connectivity index (χ1v) is 9.59. The molecule has 0 saturated carbocycles. The normalized spacial score (nSPS) is 12.3. The second-order valence-electron chi connectivity index (χ2n) is 5.70. The van der Waals surface area contributed by atoms with Crippen LogP contribution in [-0.2, 0) is 11.2 Å². The molecule has 2 rings (SSSR count). The smallest absolute Gasteiger partial charge is 0.224 e. The number of carbonyl (C=O) groups is 1. The first kappa shape index (κ1) is 18.0. The molecule has 0 fully saturated rings. The third-order valence-electron chi connectivity index (χ3n) is 3.33. The number of aliphatic hydroxyl groups excluding tert-OH is 1. The van der Waals surface area contributed by atoms with Crippen molar-refractivity contribution in [2.75, 3.05) is 6.54 Å². The van der Waals surface area contributed by atoms with Crippen molar-refractivity contribution in [2.45, 2.75) is 42.9 Å². The Hall–Kier alpha value is -1.30. The largest absolute Gasteiger partial charge is 0.388 e. The van der Waals surface area contributed by atoms with Crippen LogP contribution in [0.5, 0.6) is 0 Å². The summed E-state index contributed by atoms with van der Waals surface area (Å²) >= 11 is 3.38. The zero-order chi connectivity index (χ0) is 16.7. The Balaban J connectivity index is 1.72. The van der Waals surface area contributed by atoms with Gasteiger partial charge in [-0.2, -0.15) is 11.3 Å². The first-order chi connectivity index (χ1) is 11.0. The Bertz CT molecular complexity index is 594. The molecule has 2 aromatic rings. The lowest BCUT2D eigenvalue weighted by Crippen LogP contribution is -2.27. The van der Waals surface area contributed by atoms with Crippen LogP contribution in [0.3, 0.4) is 0 Å². The van der Waals surface area contributed by atoms with Gasteiger partial charge < -0.3 is 10.4 Å². The number of thiophene rings is 1. The molecule has 3 nitrogen and oxygen atoms in total. The number of aliphatic hydroxyl groups is 1. The summed E-state index contributed by atoms with van der Waals surface area (Å²) in [5.74, 6) is -0.00761. The summed E-state index contributed by atoms with van der Waals surface area (Å²) in [6, 6.07) is 10.0. The van der Waals surface area contributed by atoms with E-state index in [1.165, 1.54) is 4.90 Å². The molecule has 1 unspecified atom stereocenters. The van der Waals surface area contributed by atoms with Gasteiger partial charge in [-0.05, 0) is 46.5 Å². The van der Waals surface area contributed by atoms with Crippen molar-refractivity contribution in [3.8, 4) is 0 Å². The number of rotatable bonds is 8. The van der Waals surface area contributed by atoms with Gasteiger partial charge in [0.05, 0.1) is 12.5 Å². The highest BCUT2D eigenvalue weighted by Crippen LogP contribution is 2.23. The lowest BCUT2D eigenvalue weighted by atomic mass is 10.1. The maximum absolute atomic E-state index is 11.9. The fourth-order valence-corrected chi connectivity index (χ4v) is 3.73. The summed E-state index contributed by atoms with van der Waals surface area (Å²) in [5, 5.41) is 17.3. The summed E-state index contributed by atoms with van der Waals surface area (Å²) < 4.78 is 0. The fraction of sp³-hybridized carbons (Fsp3) is 0.389. The van der Waals surface area contributed by atoms with Gasteiger partial charge >= 0.3 is 0 Å². The SMILES string of the molecule is CC(C)Sc1ccc(CC(=O)NCCC(O)c2ccsc2)cc1. The summed E-state index contributed by atoms with van der Waals surface area (Å²) in [7, 11) is 0. The number of hydrogen-bond acceptors (Lipinski definition) is 4. The van der Waals surface area contributed by atoms with E-state index in [-0.39, 0.29) is 5.91 Å². The number of thioether (sulfide) groups is 1. The molecular weight excluding hydrogens is 326 g/mol. The quantitative estimate of drug-likeness (QED) is 0.707. The van der Waals surface area contributed by atoms with E-state index < -0.39 is 6.10 Å². The summed E-state index contributed by atoms with van der Waals surface area (Å²) in [6.07, 6.45) is 0.405. The van der Waals surface area contributed by atoms with Gasteiger partial charge in [0.2, 0.25) is 5.91 Å². The van der Waals surface area contributed by atoms with E-state index in [1.807, 2.05) is 40.7 Å². The zero-order valence-corrected chi connectivity index (χ0v) is 15.1. The monoisotopic (exact) mass is 349 g/mol. The van der Waals surface area contributed by atoms with E-state index in [2.05, 4.69) is 31.3 Å². The van der Waals surface area contributed by atoms with Crippen molar-refractivity contribution in [3.63, 3.8) is 0 Å². The average molecular weight is 350 g/mol. The highest BCUT2D eigenvalue weighted by atomic mass is 32.2.